The molecular formula is C19H24N4O3. The fourth-order valence-electron chi connectivity index (χ4n) is 3.19. The minimum Gasteiger partial charge on any atom is -0.508 e. The van der Waals surface area contributed by atoms with Crippen molar-refractivity contribution < 1.29 is 14.7 Å². The lowest BCUT2D eigenvalue weighted by Crippen LogP contribution is -2.45. The van der Waals surface area contributed by atoms with Crippen molar-refractivity contribution >= 4 is 11.8 Å². The van der Waals surface area contributed by atoms with Crippen molar-refractivity contribution in [1.82, 2.24) is 19.8 Å². The number of rotatable bonds is 6. The Labute approximate surface area is 152 Å². The Morgan fingerprint density at radius 2 is 1.92 bits per heavy atom. The number of Topliss-reactive ketones (excluding diaryl/α,β-unsaturated/α-hetero) is 1. The molecule has 1 aliphatic heterocycles. The molecule has 1 aromatic carbocycles. The molecule has 7 heteroatoms. The number of aryl methyl sites for hydroxylation is 1. The summed E-state index contributed by atoms with van der Waals surface area (Å²) >= 11 is 0. The van der Waals surface area contributed by atoms with Gasteiger partial charge in [-0.25, -0.2) is 9.78 Å². The van der Waals surface area contributed by atoms with Gasteiger partial charge in [0.25, 0.3) is 0 Å². The Kier molecular flexibility index (Phi) is 5.88. The molecule has 26 heavy (non-hydrogen) atoms. The number of urea groups is 1. The lowest BCUT2D eigenvalue weighted by molar-refractivity contribution is 0.0854. The van der Waals surface area contributed by atoms with E-state index in [2.05, 4.69) is 10.3 Å². The molecule has 2 aromatic rings. The summed E-state index contributed by atoms with van der Waals surface area (Å²) in [6.45, 7) is 2.61. The second kappa shape index (κ2) is 8.51. The van der Waals surface area contributed by atoms with Crippen LogP contribution in [-0.2, 0) is 6.54 Å². The smallest absolute Gasteiger partial charge is 0.317 e. The van der Waals surface area contributed by atoms with E-state index < -0.39 is 0 Å². The van der Waals surface area contributed by atoms with Gasteiger partial charge in [0, 0.05) is 50.1 Å². The average Bonchev–Trinajstić information content (AvgIpc) is 3.19. The molecule has 2 N–H and O–H groups in total. The fourth-order valence-corrected chi connectivity index (χ4v) is 3.19. The second-order valence-corrected chi connectivity index (χ2v) is 6.56. The summed E-state index contributed by atoms with van der Waals surface area (Å²) in [6.07, 6.45) is 7.58. The van der Waals surface area contributed by atoms with Gasteiger partial charge in [-0.3, -0.25) is 4.79 Å². The Bertz CT molecular complexity index is 720. The lowest BCUT2D eigenvalue weighted by atomic mass is 9.89. The zero-order valence-electron chi connectivity index (χ0n) is 14.7. The largest absolute Gasteiger partial charge is 0.508 e. The molecule has 0 bridgehead atoms. The summed E-state index contributed by atoms with van der Waals surface area (Å²) in [5.41, 5.74) is 0.616. The maximum atomic E-state index is 12.5. The Hall–Kier alpha value is -2.83. The molecule has 2 amide bonds. The van der Waals surface area contributed by atoms with Gasteiger partial charge < -0.3 is 19.9 Å². The standard InChI is InChI=1S/C19H24N4O3/c24-17-4-2-15(3-5-17)18(25)16-6-11-23(12-7-16)19(26)21-8-1-10-22-13-9-20-14-22/h2-5,9,13-14,16,24H,1,6-8,10-12H2,(H,21,26). The van der Waals surface area contributed by atoms with Crippen molar-refractivity contribution in [2.45, 2.75) is 25.8 Å². The van der Waals surface area contributed by atoms with Gasteiger partial charge in [-0.15, -0.1) is 0 Å². The topological polar surface area (TPSA) is 87.5 Å². The normalized spacial score (nSPS) is 15.0. The van der Waals surface area contributed by atoms with Gasteiger partial charge in [-0.2, -0.15) is 0 Å². The predicted octanol–water partition coefficient (Wildman–Crippen LogP) is 2.28. The minimum atomic E-state index is -0.0650. The van der Waals surface area contributed by atoms with Gasteiger partial charge in [0.1, 0.15) is 5.75 Å². The van der Waals surface area contributed by atoms with Crippen LogP contribution in [0, 0.1) is 5.92 Å². The third kappa shape index (κ3) is 4.62. The van der Waals surface area contributed by atoms with E-state index in [1.807, 2.05) is 10.8 Å². The van der Waals surface area contributed by atoms with Gasteiger partial charge in [-0.1, -0.05) is 0 Å². The molecule has 7 nitrogen and oxygen atoms in total. The number of ketones is 1. The zero-order chi connectivity index (χ0) is 18.4. The molecule has 138 valence electrons. The molecule has 0 spiro atoms. The maximum absolute atomic E-state index is 12.5. The molecule has 0 atom stereocenters. The van der Waals surface area contributed by atoms with Crippen LogP contribution >= 0.6 is 0 Å². The first-order chi connectivity index (χ1) is 12.6. The Morgan fingerprint density at radius 3 is 2.58 bits per heavy atom. The number of aromatic nitrogens is 2. The first kappa shape index (κ1) is 18.0. The average molecular weight is 356 g/mol. The van der Waals surface area contributed by atoms with Gasteiger partial charge >= 0.3 is 6.03 Å². The molecule has 0 aliphatic carbocycles. The van der Waals surface area contributed by atoms with E-state index in [0.29, 0.717) is 38.0 Å². The number of amides is 2. The highest BCUT2D eigenvalue weighted by Gasteiger charge is 2.27. The third-order valence-electron chi connectivity index (χ3n) is 4.73. The number of nitrogens with zero attached hydrogens (tertiary/aromatic N) is 3. The Morgan fingerprint density at radius 1 is 1.19 bits per heavy atom. The van der Waals surface area contributed by atoms with Crippen molar-refractivity contribution in [3.8, 4) is 5.75 Å². The van der Waals surface area contributed by atoms with Crippen LogP contribution in [0.1, 0.15) is 29.6 Å². The van der Waals surface area contributed by atoms with Crippen LogP contribution in [0.3, 0.4) is 0 Å². The number of carbonyl (C=O) groups is 2. The van der Waals surface area contributed by atoms with Gasteiger partial charge in [0.05, 0.1) is 6.33 Å². The summed E-state index contributed by atoms with van der Waals surface area (Å²) in [6, 6.07) is 6.29. The highest BCUT2D eigenvalue weighted by molar-refractivity contribution is 5.98. The van der Waals surface area contributed by atoms with Crippen molar-refractivity contribution in [2.24, 2.45) is 5.92 Å². The van der Waals surface area contributed by atoms with E-state index in [1.165, 1.54) is 12.1 Å². The minimum absolute atomic E-state index is 0.0637. The zero-order valence-corrected chi connectivity index (χ0v) is 14.7. The number of carbonyl (C=O) groups excluding carboxylic acids is 2. The molecule has 0 radical (unpaired) electrons. The van der Waals surface area contributed by atoms with Crippen molar-refractivity contribution in [2.75, 3.05) is 19.6 Å². The van der Waals surface area contributed by atoms with Crippen LogP contribution in [0.15, 0.2) is 43.0 Å². The SMILES string of the molecule is O=C(c1ccc(O)cc1)C1CCN(C(=O)NCCCn2ccnc2)CC1. The predicted molar refractivity (Wildman–Crippen MR) is 97.0 cm³/mol. The van der Waals surface area contributed by atoms with Crippen LogP contribution in [-0.4, -0.2) is 51.0 Å². The van der Waals surface area contributed by atoms with Crippen LogP contribution in [0.2, 0.25) is 0 Å². The number of hydrogen-bond acceptors (Lipinski definition) is 4. The molecule has 0 unspecified atom stereocenters. The molecule has 1 aromatic heterocycles. The number of benzene rings is 1. The van der Waals surface area contributed by atoms with Crippen LogP contribution in [0.4, 0.5) is 4.79 Å². The second-order valence-electron chi connectivity index (χ2n) is 6.56. The van der Waals surface area contributed by atoms with Gasteiger partial charge in [-0.05, 0) is 43.5 Å². The molecule has 1 aliphatic rings. The third-order valence-corrected chi connectivity index (χ3v) is 4.73. The quantitative estimate of drug-likeness (QED) is 0.614. The number of nitrogens with one attached hydrogen (secondary N) is 1. The van der Waals surface area contributed by atoms with E-state index in [-0.39, 0.29) is 23.5 Å². The van der Waals surface area contributed by atoms with E-state index in [1.54, 1.807) is 29.6 Å². The van der Waals surface area contributed by atoms with Crippen molar-refractivity contribution in [3.05, 3.63) is 48.5 Å². The maximum Gasteiger partial charge on any atom is 0.317 e. The van der Waals surface area contributed by atoms with E-state index in [9.17, 15) is 14.7 Å². The number of phenolic OH excluding ortho intramolecular Hbond substituents is 1. The van der Waals surface area contributed by atoms with Crippen LogP contribution in [0.25, 0.3) is 0 Å². The summed E-state index contributed by atoms with van der Waals surface area (Å²) in [4.78, 5) is 30.5. The van der Waals surface area contributed by atoms with Gasteiger partial charge in [0.15, 0.2) is 5.78 Å². The first-order valence-electron chi connectivity index (χ1n) is 8.95. The highest BCUT2D eigenvalue weighted by Crippen LogP contribution is 2.22. The molecular weight excluding hydrogens is 332 g/mol. The number of aromatic hydroxyl groups is 1. The number of hydrogen-bond donors (Lipinski definition) is 2. The molecule has 0 saturated carbocycles. The van der Waals surface area contributed by atoms with Crippen LogP contribution in [0.5, 0.6) is 5.75 Å². The summed E-state index contributed by atoms with van der Waals surface area (Å²) in [5.74, 6) is 0.177. The number of piperidine rings is 1. The molecule has 3 rings (SSSR count). The fraction of sp³-hybridized carbons (Fsp3) is 0.421. The number of likely N-dealkylation sites (tertiary alicyclic amines) is 1. The van der Waals surface area contributed by atoms with E-state index in [0.717, 1.165) is 13.0 Å². The summed E-state index contributed by atoms with van der Waals surface area (Å²) in [7, 11) is 0. The van der Waals surface area contributed by atoms with Crippen molar-refractivity contribution in [1.29, 1.82) is 0 Å². The van der Waals surface area contributed by atoms with Gasteiger partial charge in [0.2, 0.25) is 0 Å². The van der Waals surface area contributed by atoms with Crippen LogP contribution < -0.4 is 5.32 Å². The molecule has 2 heterocycles. The Balaban J connectivity index is 1.39. The molecule has 1 fully saturated rings. The number of phenols is 1. The van der Waals surface area contributed by atoms with E-state index >= 15 is 0 Å². The monoisotopic (exact) mass is 356 g/mol. The number of imidazole rings is 1. The summed E-state index contributed by atoms with van der Waals surface area (Å²) < 4.78 is 1.98. The highest BCUT2D eigenvalue weighted by atomic mass is 16.3. The van der Waals surface area contributed by atoms with Crippen molar-refractivity contribution in [3.63, 3.8) is 0 Å². The first-order valence-corrected chi connectivity index (χ1v) is 8.95. The summed E-state index contributed by atoms with van der Waals surface area (Å²) in [5, 5.41) is 12.3. The van der Waals surface area contributed by atoms with E-state index in [4.69, 9.17) is 0 Å². The lowest BCUT2D eigenvalue weighted by Gasteiger charge is -2.31. The molecule has 1 saturated heterocycles.